The van der Waals surface area contributed by atoms with Gasteiger partial charge >= 0.3 is 0 Å². The van der Waals surface area contributed by atoms with Crippen LogP contribution >= 0.6 is 12.4 Å². The molecule has 2 rings (SSSR count). The van der Waals surface area contributed by atoms with Gasteiger partial charge in [0.2, 0.25) is 11.8 Å². The number of carbonyl (C=O) groups excluding carboxylic acids is 2. The molecule has 0 bridgehead atoms. The van der Waals surface area contributed by atoms with Crippen molar-refractivity contribution in [1.82, 2.24) is 15.5 Å². The van der Waals surface area contributed by atoms with E-state index in [0.717, 1.165) is 45.3 Å². The smallest absolute Gasteiger partial charge is 0.224 e. The van der Waals surface area contributed by atoms with Crippen LogP contribution in [0.2, 0.25) is 0 Å². The van der Waals surface area contributed by atoms with E-state index in [-0.39, 0.29) is 24.2 Å². The van der Waals surface area contributed by atoms with E-state index in [1.807, 2.05) is 11.8 Å². The van der Waals surface area contributed by atoms with Gasteiger partial charge in [-0.1, -0.05) is 6.92 Å². The highest BCUT2D eigenvalue weighted by Crippen LogP contribution is 2.18. The van der Waals surface area contributed by atoms with Crippen LogP contribution in [0.15, 0.2) is 0 Å². The Hall–Kier alpha value is -0.810. The zero-order valence-electron chi connectivity index (χ0n) is 13.6. The summed E-state index contributed by atoms with van der Waals surface area (Å²) in [7, 11) is 0. The number of halogens is 1. The van der Waals surface area contributed by atoms with Crippen LogP contribution in [0.5, 0.6) is 0 Å². The van der Waals surface area contributed by atoms with Gasteiger partial charge in [0.25, 0.3) is 0 Å². The molecule has 2 aliphatic rings. The molecule has 5 nitrogen and oxygen atoms in total. The van der Waals surface area contributed by atoms with Crippen molar-refractivity contribution in [3.63, 3.8) is 0 Å². The number of likely N-dealkylation sites (tertiary alicyclic amines) is 1. The summed E-state index contributed by atoms with van der Waals surface area (Å²) in [5, 5.41) is 6.38. The van der Waals surface area contributed by atoms with Crippen molar-refractivity contribution in [2.24, 2.45) is 5.92 Å². The summed E-state index contributed by atoms with van der Waals surface area (Å²) in [6, 6.07) is 0.377. The van der Waals surface area contributed by atoms with E-state index in [1.54, 1.807) is 0 Å². The predicted octanol–water partition coefficient (Wildman–Crippen LogP) is 1.71. The SMILES string of the molecule is CCCC(=O)NCC1CCCN(C(=O)CC2CCCN2)C1.Cl. The second-order valence-corrected chi connectivity index (χ2v) is 6.40. The Labute approximate surface area is 140 Å². The largest absolute Gasteiger partial charge is 0.356 e. The number of hydrogen-bond acceptors (Lipinski definition) is 3. The van der Waals surface area contributed by atoms with E-state index < -0.39 is 0 Å². The molecule has 0 aliphatic carbocycles. The Balaban J connectivity index is 0.00000242. The lowest BCUT2D eigenvalue weighted by molar-refractivity contribution is -0.133. The molecule has 0 spiro atoms. The molecular weight excluding hydrogens is 302 g/mol. The van der Waals surface area contributed by atoms with Gasteiger partial charge in [-0.05, 0) is 44.6 Å². The van der Waals surface area contributed by atoms with Crippen molar-refractivity contribution in [2.45, 2.75) is 57.9 Å². The van der Waals surface area contributed by atoms with Gasteiger partial charge in [0.1, 0.15) is 0 Å². The second-order valence-electron chi connectivity index (χ2n) is 6.40. The van der Waals surface area contributed by atoms with Crippen LogP contribution in [0.3, 0.4) is 0 Å². The number of carbonyl (C=O) groups is 2. The van der Waals surface area contributed by atoms with E-state index in [9.17, 15) is 9.59 Å². The first-order chi connectivity index (χ1) is 10.2. The average Bonchev–Trinajstić information content (AvgIpc) is 2.99. The molecule has 2 amide bonds. The number of nitrogens with zero attached hydrogens (tertiary/aromatic N) is 1. The quantitative estimate of drug-likeness (QED) is 0.779. The molecule has 22 heavy (non-hydrogen) atoms. The Bertz CT molecular complexity index is 359. The summed E-state index contributed by atoms with van der Waals surface area (Å²) < 4.78 is 0. The number of amides is 2. The third-order valence-electron chi connectivity index (χ3n) is 4.52. The molecule has 6 heteroatoms. The van der Waals surface area contributed by atoms with Gasteiger partial charge in [0, 0.05) is 38.5 Å². The molecule has 2 unspecified atom stereocenters. The minimum atomic E-state index is 0. The maximum atomic E-state index is 12.3. The van der Waals surface area contributed by atoms with Gasteiger partial charge in [0.15, 0.2) is 0 Å². The fraction of sp³-hybridized carbons (Fsp3) is 0.875. The van der Waals surface area contributed by atoms with Crippen LogP contribution in [-0.2, 0) is 9.59 Å². The molecule has 0 saturated carbocycles. The van der Waals surface area contributed by atoms with E-state index in [4.69, 9.17) is 0 Å². The molecule has 2 fully saturated rings. The predicted molar refractivity (Wildman–Crippen MR) is 90.1 cm³/mol. The lowest BCUT2D eigenvalue weighted by atomic mass is 9.97. The van der Waals surface area contributed by atoms with Crippen molar-refractivity contribution in [2.75, 3.05) is 26.2 Å². The minimum absolute atomic E-state index is 0. The van der Waals surface area contributed by atoms with E-state index in [2.05, 4.69) is 10.6 Å². The molecule has 0 aromatic rings. The molecular formula is C16H30ClN3O2. The first-order valence-corrected chi connectivity index (χ1v) is 8.47. The molecule has 2 saturated heterocycles. The van der Waals surface area contributed by atoms with Crippen molar-refractivity contribution < 1.29 is 9.59 Å². The lowest BCUT2D eigenvalue weighted by Gasteiger charge is -2.33. The van der Waals surface area contributed by atoms with Crippen LogP contribution in [0.25, 0.3) is 0 Å². The Morgan fingerprint density at radius 2 is 2.09 bits per heavy atom. The fourth-order valence-corrected chi connectivity index (χ4v) is 3.30. The third kappa shape index (κ3) is 6.13. The summed E-state index contributed by atoms with van der Waals surface area (Å²) in [5.74, 6) is 0.829. The lowest BCUT2D eigenvalue weighted by Crippen LogP contribution is -2.45. The Morgan fingerprint density at radius 3 is 2.77 bits per heavy atom. The number of nitrogens with one attached hydrogen (secondary N) is 2. The second kappa shape index (κ2) is 10.1. The zero-order chi connectivity index (χ0) is 15.1. The molecule has 0 aromatic carbocycles. The van der Waals surface area contributed by atoms with Gasteiger partial charge in [-0.2, -0.15) is 0 Å². The van der Waals surface area contributed by atoms with Crippen molar-refractivity contribution in [3.05, 3.63) is 0 Å². The maximum absolute atomic E-state index is 12.3. The number of piperidine rings is 1. The average molecular weight is 332 g/mol. The van der Waals surface area contributed by atoms with Crippen LogP contribution in [0.4, 0.5) is 0 Å². The highest BCUT2D eigenvalue weighted by molar-refractivity contribution is 5.85. The first-order valence-electron chi connectivity index (χ1n) is 8.47. The molecule has 2 aliphatic heterocycles. The minimum Gasteiger partial charge on any atom is -0.356 e. The van der Waals surface area contributed by atoms with Crippen LogP contribution in [-0.4, -0.2) is 48.9 Å². The first kappa shape index (κ1) is 19.2. The standard InChI is InChI=1S/C16H29N3O2.ClH/c1-2-5-15(20)18-11-13-6-4-9-19(12-13)16(21)10-14-7-3-8-17-14;/h13-14,17H,2-12H2,1H3,(H,18,20);1H. The number of rotatable bonds is 6. The van der Waals surface area contributed by atoms with E-state index in [1.165, 1.54) is 6.42 Å². The summed E-state index contributed by atoms with van der Waals surface area (Å²) in [6.45, 7) is 5.45. The summed E-state index contributed by atoms with van der Waals surface area (Å²) in [5.41, 5.74) is 0. The normalized spacial score (nSPS) is 24.7. The summed E-state index contributed by atoms with van der Waals surface area (Å²) in [4.78, 5) is 25.9. The van der Waals surface area contributed by atoms with E-state index >= 15 is 0 Å². The van der Waals surface area contributed by atoms with Gasteiger partial charge in [-0.25, -0.2) is 0 Å². The molecule has 128 valence electrons. The van der Waals surface area contributed by atoms with Gasteiger partial charge in [0.05, 0.1) is 0 Å². The molecule has 2 N–H and O–H groups in total. The molecule has 0 radical (unpaired) electrons. The topological polar surface area (TPSA) is 61.4 Å². The maximum Gasteiger partial charge on any atom is 0.224 e. The molecule has 0 aromatic heterocycles. The molecule has 2 heterocycles. The zero-order valence-corrected chi connectivity index (χ0v) is 14.4. The van der Waals surface area contributed by atoms with Gasteiger partial charge in [-0.3, -0.25) is 9.59 Å². The van der Waals surface area contributed by atoms with Crippen molar-refractivity contribution in [3.8, 4) is 0 Å². The molecule has 2 atom stereocenters. The van der Waals surface area contributed by atoms with E-state index in [0.29, 0.717) is 31.3 Å². The Morgan fingerprint density at radius 1 is 1.27 bits per heavy atom. The summed E-state index contributed by atoms with van der Waals surface area (Å²) in [6.07, 6.45) is 6.59. The monoisotopic (exact) mass is 331 g/mol. The highest BCUT2D eigenvalue weighted by Gasteiger charge is 2.26. The van der Waals surface area contributed by atoms with Gasteiger partial charge < -0.3 is 15.5 Å². The van der Waals surface area contributed by atoms with Crippen LogP contribution in [0, 0.1) is 5.92 Å². The number of hydrogen-bond donors (Lipinski definition) is 2. The van der Waals surface area contributed by atoms with Crippen molar-refractivity contribution >= 4 is 24.2 Å². The van der Waals surface area contributed by atoms with Crippen LogP contribution < -0.4 is 10.6 Å². The third-order valence-corrected chi connectivity index (χ3v) is 4.52. The van der Waals surface area contributed by atoms with Crippen molar-refractivity contribution in [1.29, 1.82) is 0 Å². The Kier molecular flexibility index (Phi) is 8.79. The fourth-order valence-electron chi connectivity index (χ4n) is 3.30. The highest BCUT2D eigenvalue weighted by atomic mass is 35.5. The summed E-state index contributed by atoms with van der Waals surface area (Å²) >= 11 is 0. The van der Waals surface area contributed by atoms with Gasteiger partial charge in [-0.15, -0.1) is 12.4 Å². The van der Waals surface area contributed by atoms with Crippen LogP contribution in [0.1, 0.15) is 51.9 Å².